The fourth-order valence-corrected chi connectivity index (χ4v) is 0.648. The average molecular weight is 124 g/mol. The Morgan fingerprint density at radius 1 is 1.56 bits per heavy atom. The summed E-state index contributed by atoms with van der Waals surface area (Å²) in [4.78, 5) is 1.21. The van der Waals surface area contributed by atoms with Gasteiger partial charge in [-0.25, -0.2) is 0 Å². The molecule has 0 radical (unpaired) electrons. The maximum absolute atomic E-state index is 5.33. The van der Waals surface area contributed by atoms with Crippen LogP contribution < -0.4 is 5.84 Å². The topological polar surface area (TPSA) is 74.0 Å². The molecule has 0 amide bonds. The SMILES string of the molecule is Nn1ncn2nncc12. The van der Waals surface area contributed by atoms with Crippen LogP contribution in [0.1, 0.15) is 0 Å². The molecule has 6 nitrogen and oxygen atoms in total. The molecule has 0 spiro atoms. The third kappa shape index (κ3) is 0.411. The highest BCUT2D eigenvalue weighted by Crippen LogP contribution is 1.91. The van der Waals surface area contributed by atoms with Gasteiger partial charge in [0.25, 0.3) is 0 Å². The molecule has 6 heteroatoms. The molecule has 0 saturated heterocycles. The van der Waals surface area contributed by atoms with Gasteiger partial charge in [-0.05, 0) is 0 Å². The number of rotatable bonds is 0. The van der Waals surface area contributed by atoms with E-state index in [-0.39, 0.29) is 0 Å². The smallest absolute Gasteiger partial charge is 0.196 e. The predicted molar refractivity (Wildman–Crippen MR) is 28.9 cm³/mol. The monoisotopic (exact) mass is 124 g/mol. The van der Waals surface area contributed by atoms with Gasteiger partial charge < -0.3 is 5.84 Å². The number of hydrogen-bond donors (Lipinski definition) is 1. The molecule has 2 N–H and O–H groups in total. The Kier molecular flexibility index (Phi) is 0.583. The first kappa shape index (κ1) is 4.30. The van der Waals surface area contributed by atoms with Crippen molar-refractivity contribution in [1.29, 1.82) is 0 Å². The second-order valence-electron chi connectivity index (χ2n) is 1.61. The van der Waals surface area contributed by atoms with Crippen LogP contribution in [0.15, 0.2) is 12.5 Å². The average Bonchev–Trinajstić information content (AvgIpc) is 2.35. The van der Waals surface area contributed by atoms with Gasteiger partial charge in [0.05, 0.1) is 6.20 Å². The molecule has 0 aliphatic heterocycles. The van der Waals surface area contributed by atoms with E-state index in [4.69, 9.17) is 5.84 Å². The Hall–Kier alpha value is -1.59. The highest BCUT2D eigenvalue weighted by atomic mass is 15.6. The molecule has 2 aromatic heterocycles. The summed E-state index contributed by atoms with van der Waals surface area (Å²) in [5, 5.41) is 10.9. The van der Waals surface area contributed by atoms with Gasteiger partial charge in [-0.15, -0.1) is 10.2 Å². The lowest BCUT2D eigenvalue weighted by atomic mass is 10.8. The van der Waals surface area contributed by atoms with E-state index in [1.165, 1.54) is 21.8 Å². The van der Waals surface area contributed by atoms with Crippen LogP contribution in [0.2, 0.25) is 0 Å². The first-order valence-corrected chi connectivity index (χ1v) is 2.37. The molecule has 0 unspecified atom stereocenters. The summed E-state index contributed by atoms with van der Waals surface area (Å²) in [5.41, 5.74) is 0.676. The molecule has 0 fully saturated rings. The van der Waals surface area contributed by atoms with Crippen molar-refractivity contribution in [2.45, 2.75) is 0 Å². The van der Waals surface area contributed by atoms with Crippen LogP contribution in [0.3, 0.4) is 0 Å². The summed E-state index contributed by atoms with van der Waals surface area (Å²) < 4.78 is 1.49. The van der Waals surface area contributed by atoms with Gasteiger partial charge in [0.15, 0.2) is 5.65 Å². The van der Waals surface area contributed by atoms with Crippen LogP contribution in [0.25, 0.3) is 5.65 Å². The first-order chi connectivity index (χ1) is 4.38. The quantitative estimate of drug-likeness (QED) is 0.440. The Bertz CT molecular complexity index is 317. The van der Waals surface area contributed by atoms with Crippen molar-refractivity contribution in [2.24, 2.45) is 0 Å². The highest BCUT2D eigenvalue weighted by Gasteiger charge is 1.97. The molecule has 2 rings (SSSR count). The van der Waals surface area contributed by atoms with Gasteiger partial charge in [0, 0.05) is 0 Å². The highest BCUT2D eigenvalue weighted by molar-refractivity contribution is 5.31. The fraction of sp³-hybridized carbons (Fsp3) is 0. The number of nitrogens with two attached hydrogens (primary N) is 1. The number of aromatic nitrogens is 5. The second-order valence-corrected chi connectivity index (χ2v) is 1.61. The molecule has 0 aliphatic carbocycles. The minimum Gasteiger partial charge on any atom is -0.321 e. The summed E-state index contributed by atoms with van der Waals surface area (Å²) in [5.74, 6) is 5.33. The zero-order chi connectivity index (χ0) is 6.27. The van der Waals surface area contributed by atoms with E-state index in [0.29, 0.717) is 5.65 Å². The van der Waals surface area contributed by atoms with Gasteiger partial charge >= 0.3 is 0 Å². The molecule has 2 aromatic rings. The predicted octanol–water partition coefficient (Wildman–Crippen LogP) is -1.36. The molecule has 9 heavy (non-hydrogen) atoms. The number of nitrogen functional groups attached to an aromatic ring is 1. The number of nitrogens with zero attached hydrogens (tertiary/aromatic N) is 5. The molecular formula is C3H4N6. The molecule has 0 aromatic carbocycles. The van der Waals surface area contributed by atoms with Gasteiger partial charge in [0.1, 0.15) is 6.33 Å². The normalized spacial score (nSPS) is 10.7. The van der Waals surface area contributed by atoms with Crippen LogP contribution in [-0.2, 0) is 0 Å². The van der Waals surface area contributed by atoms with Crippen molar-refractivity contribution in [3.05, 3.63) is 12.5 Å². The first-order valence-electron chi connectivity index (χ1n) is 2.37. The zero-order valence-corrected chi connectivity index (χ0v) is 4.47. The summed E-state index contributed by atoms with van der Waals surface area (Å²) >= 11 is 0. The summed E-state index contributed by atoms with van der Waals surface area (Å²) in [6.45, 7) is 0. The van der Waals surface area contributed by atoms with Crippen LogP contribution in [0, 0.1) is 0 Å². The third-order valence-corrected chi connectivity index (χ3v) is 1.08. The lowest BCUT2D eigenvalue weighted by molar-refractivity contribution is 0.839. The van der Waals surface area contributed by atoms with Crippen molar-refractivity contribution in [1.82, 2.24) is 24.7 Å². The molecule has 0 bridgehead atoms. The van der Waals surface area contributed by atoms with E-state index >= 15 is 0 Å². The third-order valence-electron chi connectivity index (χ3n) is 1.08. The van der Waals surface area contributed by atoms with Crippen molar-refractivity contribution in [3.8, 4) is 0 Å². The Balaban J connectivity index is 2.99. The second kappa shape index (κ2) is 1.22. The summed E-state index contributed by atoms with van der Waals surface area (Å²) in [7, 11) is 0. The van der Waals surface area contributed by atoms with Crippen LogP contribution in [0.4, 0.5) is 0 Å². The molecule has 46 valence electrons. The lowest BCUT2D eigenvalue weighted by Gasteiger charge is -1.82. The van der Waals surface area contributed by atoms with Crippen molar-refractivity contribution in [2.75, 3.05) is 5.84 Å². The number of hydrogen-bond acceptors (Lipinski definition) is 4. The standard InChI is InChI=1S/C3H4N6/c4-9-3-1-5-7-8(3)2-6-9/h1-2H,4H2. The van der Waals surface area contributed by atoms with Gasteiger partial charge in [-0.2, -0.15) is 9.31 Å². The maximum Gasteiger partial charge on any atom is 0.196 e. The fourth-order valence-electron chi connectivity index (χ4n) is 0.648. The van der Waals surface area contributed by atoms with Gasteiger partial charge in [-0.1, -0.05) is 5.21 Å². The zero-order valence-electron chi connectivity index (χ0n) is 4.47. The summed E-state index contributed by atoms with van der Waals surface area (Å²) in [6, 6.07) is 0. The lowest BCUT2D eigenvalue weighted by Crippen LogP contribution is -2.08. The minimum absolute atomic E-state index is 0.676. The summed E-state index contributed by atoms with van der Waals surface area (Å²) in [6.07, 6.45) is 3.02. The molecular weight excluding hydrogens is 120 g/mol. The van der Waals surface area contributed by atoms with Gasteiger partial charge in [0.2, 0.25) is 0 Å². The molecule has 2 heterocycles. The van der Waals surface area contributed by atoms with Crippen LogP contribution in [0.5, 0.6) is 0 Å². The van der Waals surface area contributed by atoms with E-state index < -0.39 is 0 Å². The van der Waals surface area contributed by atoms with Crippen LogP contribution >= 0.6 is 0 Å². The van der Waals surface area contributed by atoms with Crippen molar-refractivity contribution < 1.29 is 0 Å². The minimum atomic E-state index is 0.676. The Morgan fingerprint density at radius 3 is 3.22 bits per heavy atom. The van der Waals surface area contributed by atoms with Crippen molar-refractivity contribution in [3.63, 3.8) is 0 Å². The van der Waals surface area contributed by atoms with E-state index in [2.05, 4.69) is 15.4 Å². The Morgan fingerprint density at radius 2 is 2.44 bits per heavy atom. The number of fused-ring (bicyclic) bond motifs is 1. The largest absolute Gasteiger partial charge is 0.321 e. The maximum atomic E-state index is 5.33. The van der Waals surface area contributed by atoms with Crippen molar-refractivity contribution >= 4 is 5.65 Å². The molecule has 0 saturated carbocycles. The van der Waals surface area contributed by atoms with Crippen LogP contribution in [-0.4, -0.2) is 24.7 Å². The molecule has 0 atom stereocenters. The van der Waals surface area contributed by atoms with E-state index in [1.54, 1.807) is 0 Å². The van der Waals surface area contributed by atoms with E-state index in [0.717, 1.165) is 0 Å². The van der Waals surface area contributed by atoms with E-state index in [9.17, 15) is 0 Å². The van der Waals surface area contributed by atoms with E-state index in [1.807, 2.05) is 0 Å². The Labute approximate surface area is 49.8 Å². The molecule has 0 aliphatic rings. The van der Waals surface area contributed by atoms with Gasteiger partial charge in [-0.3, -0.25) is 0 Å².